The number of thiophene rings is 1. The number of fused-ring (bicyclic) bond motifs is 2. The minimum atomic E-state index is -1.82. The molecule has 5 N–H and O–H groups in total. The van der Waals surface area contributed by atoms with Crippen LogP contribution in [0.5, 0.6) is 0 Å². The van der Waals surface area contributed by atoms with Gasteiger partial charge < -0.3 is 25.8 Å². The number of aliphatic hydroxyl groups excluding tert-OH is 1. The summed E-state index contributed by atoms with van der Waals surface area (Å²) in [5.41, 5.74) is 7.14. The van der Waals surface area contributed by atoms with Gasteiger partial charge in [-0.2, -0.15) is 9.49 Å². The van der Waals surface area contributed by atoms with Gasteiger partial charge in [0.05, 0.1) is 24.3 Å². The molecule has 1 saturated heterocycles. The van der Waals surface area contributed by atoms with E-state index in [4.69, 9.17) is 25.8 Å². The summed E-state index contributed by atoms with van der Waals surface area (Å²) in [6.07, 6.45) is 3.94. The van der Waals surface area contributed by atoms with Crippen LogP contribution in [0.3, 0.4) is 0 Å². The zero-order chi connectivity index (χ0) is 29.9. The van der Waals surface area contributed by atoms with Crippen LogP contribution in [0.15, 0.2) is 36.7 Å². The fourth-order valence-electron chi connectivity index (χ4n) is 4.95. The maximum Gasteiger partial charge on any atom is 0.333 e. The van der Waals surface area contributed by atoms with Gasteiger partial charge in [-0.15, -0.1) is 11.3 Å². The van der Waals surface area contributed by atoms with E-state index in [2.05, 4.69) is 10.00 Å². The van der Waals surface area contributed by atoms with Crippen LogP contribution < -0.4 is 5.73 Å². The van der Waals surface area contributed by atoms with Gasteiger partial charge in [0.15, 0.2) is 11.2 Å². The van der Waals surface area contributed by atoms with Crippen molar-refractivity contribution in [3.05, 3.63) is 69.2 Å². The number of para-hydroxylation sites is 1. The Morgan fingerprint density at radius 1 is 1.20 bits per heavy atom. The standard InChI is InChI=1S/C22H22F2N4O2S.C5H8O5/c23-17-3-1-2-16(21(25)29)19(17)28-13-14(11-26-28)12-27-7-5-22(6-8-27)20-15(4-9-30-22)10-18(24)31-20;1-2(4(7)8)3(6)5(9)10/h1-3,10-11,13H,4-9,12H2,(H2,25,29);2-3,6H,1H3,(H,7,8)(H,9,10)/t;2-,3-/m.1/s1. The normalized spacial score (nSPS) is 17.7. The average Bonchev–Trinajstić information content (AvgIpc) is 3.55. The summed E-state index contributed by atoms with van der Waals surface area (Å²) in [5.74, 6) is -5.37. The maximum atomic E-state index is 14.4. The number of primary amides is 1. The molecule has 2 aromatic heterocycles. The third-order valence-electron chi connectivity index (χ3n) is 7.25. The number of carboxylic acid groups (broad SMARTS) is 2. The van der Waals surface area contributed by atoms with Crippen LogP contribution in [-0.4, -0.2) is 73.6 Å². The molecule has 220 valence electrons. The van der Waals surface area contributed by atoms with E-state index < -0.39 is 35.7 Å². The molecule has 0 saturated carbocycles. The summed E-state index contributed by atoms with van der Waals surface area (Å²) in [4.78, 5) is 35.0. The Kier molecular flexibility index (Phi) is 9.17. The summed E-state index contributed by atoms with van der Waals surface area (Å²) in [6, 6.07) is 5.86. The second-order valence-electron chi connectivity index (χ2n) is 9.98. The van der Waals surface area contributed by atoms with E-state index in [0.29, 0.717) is 13.2 Å². The minimum Gasteiger partial charge on any atom is -0.481 e. The first-order chi connectivity index (χ1) is 19.4. The van der Waals surface area contributed by atoms with Gasteiger partial charge in [-0.3, -0.25) is 14.5 Å². The molecule has 2 aliphatic heterocycles. The van der Waals surface area contributed by atoms with E-state index in [0.717, 1.165) is 55.3 Å². The molecule has 1 spiro atoms. The number of benzene rings is 1. The monoisotopic (exact) mass is 592 g/mol. The molecule has 14 heteroatoms. The Labute approximate surface area is 237 Å². The van der Waals surface area contributed by atoms with Crippen molar-refractivity contribution in [3.63, 3.8) is 0 Å². The second-order valence-corrected chi connectivity index (χ2v) is 11.0. The highest BCUT2D eigenvalue weighted by Crippen LogP contribution is 2.45. The van der Waals surface area contributed by atoms with Gasteiger partial charge >= 0.3 is 11.9 Å². The number of halogens is 2. The molecule has 0 radical (unpaired) electrons. The minimum absolute atomic E-state index is 0.0571. The predicted octanol–water partition coefficient (Wildman–Crippen LogP) is 2.53. The molecule has 2 aliphatic rings. The van der Waals surface area contributed by atoms with Crippen molar-refractivity contribution < 1.29 is 43.2 Å². The Morgan fingerprint density at radius 2 is 1.90 bits per heavy atom. The molecular weight excluding hydrogens is 562 g/mol. The van der Waals surface area contributed by atoms with E-state index >= 15 is 0 Å². The lowest BCUT2D eigenvalue weighted by Crippen LogP contribution is -2.45. The summed E-state index contributed by atoms with van der Waals surface area (Å²) in [5, 5.41) is 29.0. The first-order valence-corrected chi connectivity index (χ1v) is 13.6. The van der Waals surface area contributed by atoms with Gasteiger partial charge in [0.1, 0.15) is 17.1 Å². The van der Waals surface area contributed by atoms with Gasteiger partial charge in [0.2, 0.25) is 0 Å². The number of aliphatic hydroxyl groups is 1. The first kappa shape index (κ1) is 30.2. The molecule has 11 nitrogen and oxygen atoms in total. The molecule has 5 rings (SSSR count). The molecule has 41 heavy (non-hydrogen) atoms. The SMILES string of the molecule is C[C@@H](C(=O)O)[C@@H](O)C(=O)O.NC(=O)c1cccc(F)c1-n1cc(CN2CCC3(CC2)OCCc2cc(F)sc23)cn1. The Balaban J connectivity index is 0.000000334. The molecule has 4 heterocycles. The average molecular weight is 593 g/mol. The molecule has 0 unspecified atom stereocenters. The highest BCUT2D eigenvalue weighted by atomic mass is 32.1. The summed E-state index contributed by atoms with van der Waals surface area (Å²) < 4.78 is 35.7. The number of carboxylic acids is 2. The number of nitrogens with two attached hydrogens (primary N) is 1. The largest absolute Gasteiger partial charge is 0.481 e. The molecule has 2 atom stereocenters. The van der Waals surface area contributed by atoms with Crippen LogP contribution in [0.4, 0.5) is 8.78 Å². The van der Waals surface area contributed by atoms with Crippen LogP contribution in [0.2, 0.25) is 0 Å². The Hall–Kier alpha value is -3.72. The van der Waals surface area contributed by atoms with Crippen LogP contribution in [-0.2, 0) is 32.9 Å². The van der Waals surface area contributed by atoms with Crippen molar-refractivity contribution in [2.45, 2.75) is 44.4 Å². The van der Waals surface area contributed by atoms with Crippen molar-refractivity contribution >= 4 is 29.2 Å². The number of amides is 1. The fourth-order valence-corrected chi connectivity index (χ4v) is 6.09. The molecule has 0 aliphatic carbocycles. The lowest BCUT2D eigenvalue weighted by Gasteiger charge is -2.43. The van der Waals surface area contributed by atoms with Crippen molar-refractivity contribution in [2.24, 2.45) is 11.7 Å². The van der Waals surface area contributed by atoms with Gasteiger partial charge in [0.25, 0.3) is 5.91 Å². The maximum absolute atomic E-state index is 14.4. The van der Waals surface area contributed by atoms with Crippen molar-refractivity contribution in [2.75, 3.05) is 19.7 Å². The van der Waals surface area contributed by atoms with E-state index in [1.807, 2.05) is 0 Å². The molecule has 1 amide bonds. The van der Waals surface area contributed by atoms with Crippen LogP contribution >= 0.6 is 11.3 Å². The topological polar surface area (TPSA) is 168 Å². The first-order valence-electron chi connectivity index (χ1n) is 12.8. The number of likely N-dealkylation sites (tertiary alicyclic amines) is 1. The second kappa shape index (κ2) is 12.4. The number of hydrogen-bond acceptors (Lipinski definition) is 8. The number of ether oxygens (including phenoxy) is 1. The van der Waals surface area contributed by atoms with Crippen LogP contribution in [0, 0.1) is 16.9 Å². The molecular formula is C27H30F2N4O7S. The summed E-state index contributed by atoms with van der Waals surface area (Å²) in [7, 11) is 0. The van der Waals surface area contributed by atoms with Crippen molar-refractivity contribution in [1.82, 2.24) is 14.7 Å². The quantitative estimate of drug-likeness (QED) is 0.322. The number of rotatable bonds is 7. The Bertz CT molecular complexity index is 1420. The fraction of sp³-hybridized carbons (Fsp3) is 0.407. The number of hydrogen-bond donors (Lipinski definition) is 4. The lowest BCUT2D eigenvalue weighted by molar-refractivity contribution is -0.158. The lowest BCUT2D eigenvalue weighted by atomic mass is 9.85. The molecule has 0 bridgehead atoms. The predicted molar refractivity (Wildman–Crippen MR) is 143 cm³/mol. The number of carbonyl (C=O) groups is 3. The Morgan fingerprint density at radius 3 is 2.51 bits per heavy atom. The number of aromatic nitrogens is 2. The molecule has 1 aromatic carbocycles. The molecule has 3 aromatic rings. The van der Waals surface area contributed by atoms with Crippen molar-refractivity contribution in [3.8, 4) is 5.69 Å². The van der Waals surface area contributed by atoms with Crippen molar-refractivity contribution in [1.29, 1.82) is 0 Å². The van der Waals surface area contributed by atoms with Crippen LogP contribution in [0.1, 0.15) is 46.1 Å². The zero-order valence-electron chi connectivity index (χ0n) is 22.1. The third-order valence-corrected chi connectivity index (χ3v) is 8.40. The zero-order valence-corrected chi connectivity index (χ0v) is 22.9. The van der Waals surface area contributed by atoms with E-state index in [9.17, 15) is 23.2 Å². The van der Waals surface area contributed by atoms with Gasteiger partial charge in [0, 0.05) is 36.3 Å². The van der Waals surface area contributed by atoms with Gasteiger partial charge in [-0.05, 0) is 49.9 Å². The third kappa shape index (κ3) is 6.62. The van der Waals surface area contributed by atoms with E-state index in [1.165, 1.54) is 34.2 Å². The van der Waals surface area contributed by atoms with Gasteiger partial charge in [-0.1, -0.05) is 6.07 Å². The number of carbonyl (C=O) groups excluding carboxylic acids is 1. The smallest absolute Gasteiger partial charge is 0.333 e. The van der Waals surface area contributed by atoms with Gasteiger partial charge in [-0.25, -0.2) is 13.9 Å². The van der Waals surface area contributed by atoms with E-state index in [1.54, 1.807) is 18.5 Å². The summed E-state index contributed by atoms with van der Waals surface area (Å²) >= 11 is 1.21. The number of nitrogens with zero attached hydrogens (tertiary/aromatic N) is 3. The highest BCUT2D eigenvalue weighted by molar-refractivity contribution is 7.10. The van der Waals surface area contributed by atoms with Crippen LogP contribution in [0.25, 0.3) is 5.69 Å². The van der Waals surface area contributed by atoms with E-state index in [-0.39, 0.29) is 22.0 Å². The number of aliphatic carboxylic acids is 2. The molecule has 1 fully saturated rings. The summed E-state index contributed by atoms with van der Waals surface area (Å²) in [6.45, 7) is 4.00. The highest BCUT2D eigenvalue weighted by Gasteiger charge is 2.42. The number of piperidine rings is 1.